The number of aliphatic carboxylic acids is 1. The molecular formula is C33H30F3NO4S. The Balaban J connectivity index is 1.57. The van der Waals surface area contributed by atoms with Crippen LogP contribution in [0.3, 0.4) is 0 Å². The van der Waals surface area contributed by atoms with Crippen LogP contribution < -0.4 is 5.32 Å². The number of halogens is 3. The number of sulfone groups is 1. The molecule has 0 aromatic heterocycles. The molecule has 9 heteroatoms. The highest BCUT2D eigenvalue weighted by Crippen LogP contribution is 2.39. The predicted octanol–water partition coefficient (Wildman–Crippen LogP) is 7.63. The summed E-state index contributed by atoms with van der Waals surface area (Å²) in [5, 5.41) is 12.1. The summed E-state index contributed by atoms with van der Waals surface area (Å²) >= 11 is 0. The topological polar surface area (TPSA) is 83.5 Å². The van der Waals surface area contributed by atoms with E-state index >= 15 is 0 Å². The minimum Gasteiger partial charge on any atom is -0.481 e. The zero-order valence-corrected chi connectivity index (χ0v) is 23.7. The number of nitrogens with one attached hydrogen (secondary N) is 1. The van der Waals surface area contributed by atoms with Gasteiger partial charge in [-0.1, -0.05) is 74.0 Å². The third-order valence-electron chi connectivity index (χ3n) is 7.71. The van der Waals surface area contributed by atoms with Crippen molar-refractivity contribution in [2.24, 2.45) is 0 Å². The highest BCUT2D eigenvalue weighted by atomic mass is 32.2. The highest BCUT2D eigenvalue weighted by Gasteiger charge is 2.33. The van der Waals surface area contributed by atoms with E-state index in [1.54, 1.807) is 30.3 Å². The maximum Gasteiger partial charge on any atom is 0.416 e. The van der Waals surface area contributed by atoms with Crippen LogP contribution in [0.1, 0.15) is 53.3 Å². The lowest BCUT2D eigenvalue weighted by atomic mass is 9.87. The van der Waals surface area contributed by atoms with Gasteiger partial charge in [0.25, 0.3) is 0 Å². The van der Waals surface area contributed by atoms with Crippen LogP contribution in [0.5, 0.6) is 0 Å². The molecule has 5 rings (SSSR count). The van der Waals surface area contributed by atoms with E-state index in [1.165, 1.54) is 24.3 Å². The minimum atomic E-state index is -4.48. The maximum absolute atomic E-state index is 13.7. The van der Waals surface area contributed by atoms with Gasteiger partial charge in [-0.05, 0) is 82.1 Å². The van der Waals surface area contributed by atoms with Crippen molar-refractivity contribution < 1.29 is 31.5 Å². The highest BCUT2D eigenvalue weighted by molar-refractivity contribution is 7.91. The predicted molar refractivity (Wildman–Crippen MR) is 156 cm³/mol. The number of fused-ring (bicyclic) bond motifs is 1. The van der Waals surface area contributed by atoms with Crippen molar-refractivity contribution in [2.45, 2.75) is 48.5 Å². The van der Waals surface area contributed by atoms with Gasteiger partial charge in [0.2, 0.25) is 0 Å². The smallest absolute Gasteiger partial charge is 0.416 e. The molecule has 218 valence electrons. The molecule has 0 fully saturated rings. The van der Waals surface area contributed by atoms with Crippen LogP contribution in [0.25, 0.3) is 22.3 Å². The molecule has 0 saturated heterocycles. The molecule has 4 aromatic rings. The number of alkyl halides is 3. The van der Waals surface area contributed by atoms with E-state index in [1.807, 2.05) is 31.2 Å². The van der Waals surface area contributed by atoms with Gasteiger partial charge >= 0.3 is 12.1 Å². The van der Waals surface area contributed by atoms with Gasteiger partial charge in [-0.15, -0.1) is 0 Å². The van der Waals surface area contributed by atoms with Crippen LogP contribution in [0, 0.1) is 0 Å². The molecule has 0 spiro atoms. The van der Waals surface area contributed by atoms with E-state index in [-0.39, 0.29) is 4.90 Å². The van der Waals surface area contributed by atoms with Gasteiger partial charge in [0, 0.05) is 6.54 Å². The average Bonchev–Trinajstić information content (AvgIpc) is 2.99. The number of rotatable bonds is 8. The first kappa shape index (κ1) is 29.5. The number of carbonyl (C=O) groups is 1. The molecule has 2 N–H and O–H groups in total. The molecule has 42 heavy (non-hydrogen) atoms. The van der Waals surface area contributed by atoms with Crippen LogP contribution in [-0.2, 0) is 27.2 Å². The van der Waals surface area contributed by atoms with Crippen LogP contribution in [0.15, 0.2) is 95.9 Å². The van der Waals surface area contributed by atoms with Crippen LogP contribution in [0.4, 0.5) is 13.2 Å². The van der Waals surface area contributed by atoms with Crippen molar-refractivity contribution in [1.82, 2.24) is 5.32 Å². The van der Waals surface area contributed by atoms with Gasteiger partial charge in [-0.2, -0.15) is 13.2 Å². The molecular weight excluding hydrogens is 563 g/mol. The molecule has 1 aliphatic heterocycles. The summed E-state index contributed by atoms with van der Waals surface area (Å²) in [6.45, 7) is 2.43. The first-order chi connectivity index (χ1) is 20.0. The van der Waals surface area contributed by atoms with E-state index in [0.29, 0.717) is 47.2 Å². The zero-order valence-electron chi connectivity index (χ0n) is 22.9. The molecule has 2 atom stereocenters. The largest absolute Gasteiger partial charge is 0.481 e. The molecule has 1 heterocycles. The zero-order chi connectivity index (χ0) is 30.1. The van der Waals surface area contributed by atoms with Gasteiger partial charge in [-0.25, -0.2) is 8.42 Å². The van der Waals surface area contributed by atoms with Gasteiger partial charge < -0.3 is 5.11 Å². The summed E-state index contributed by atoms with van der Waals surface area (Å²) < 4.78 is 66.9. The fourth-order valence-electron chi connectivity index (χ4n) is 5.53. The quantitative estimate of drug-likeness (QED) is 0.220. The molecule has 0 bridgehead atoms. The molecule has 0 saturated carbocycles. The van der Waals surface area contributed by atoms with E-state index in [9.17, 15) is 31.5 Å². The van der Waals surface area contributed by atoms with Crippen molar-refractivity contribution >= 4 is 15.8 Å². The van der Waals surface area contributed by atoms with Gasteiger partial charge in [-0.3, -0.25) is 10.1 Å². The average molecular weight is 594 g/mol. The first-order valence-corrected chi connectivity index (χ1v) is 15.2. The Hall–Kier alpha value is -3.95. The number of hydrogen-bond donors (Lipinski definition) is 2. The fraction of sp³-hybridized carbons (Fsp3) is 0.242. The Kier molecular flexibility index (Phi) is 8.25. The normalized spacial score (nSPS) is 16.0. The third kappa shape index (κ3) is 5.84. The summed E-state index contributed by atoms with van der Waals surface area (Å²) in [7, 11) is -3.79. The molecule has 5 nitrogen and oxygen atoms in total. The minimum absolute atomic E-state index is 0.127. The van der Waals surface area contributed by atoms with E-state index in [2.05, 4.69) is 5.32 Å². The van der Waals surface area contributed by atoms with E-state index < -0.39 is 38.8 Å². The van der Waals surface area contributed by atoms with Gasteiger partial charge in [0.1, 0.15) is 5.37 Å². The van der Waals surface area contributed by atoms with Crippen LogP contribution in [-0.4, -0.2) is 26.0 Å². The second-order valence-electron chi connectivity index (χ2n) is 10.4. The van der Waals surface area contributed by atoms with Crippen molar-refractivity contribution in [2.75, 3.05) is 6.54 Å². The van der Waals surface area contributed by atoms with Crippen molar-refractivity contribution in [3.05, 3.63) is 113 Å². The Morgan fingerprint density at radius 1 is 0.929 bits per heavy atom. The second kappa shape index (κ2) is 11.7. The lowest BCUT2D eigenvalue weighted by molar-refractivity contribution is -0.139. The number of hydrogen-bond acceptors (Lipinski definition) is 4. The summed E-state index contributed by atoms with van der Waals surface area (Å²) in [4.78, 5) is 12.2. The molecule has 0 radical (unpaired) electrons. The van der Waals surface area contributed by atoms with E-state index in [0.717, 1.165) is 29.7 Å². The lowest BCUT2D eigenvalue weighted by Crippen LogP contribution is -2.35. The van der Waals surface area contributed by atoms with Crippen molar-refractivity contribution in [3.8, 4) is 22.3 Å². The Morgan fingerprint density at radius 3 is 2.21 bits per heavy atom. The number of carboxylic acid groups (broad SMARTS) is 1. The Bertz CT molecular complexity index is 1700. The summed E-state index contributed by atoms with van der Waals surface area (Å²) in [5.74, 6) is -1.72. The monoisotopic (exact) mass is 593 g/mol. The summed E-state index contributed by atoms with van der Waals surface area (Å²) in [6, 6.07) is 23.7. The van der Waals surface area contributed by atoms with Crippen LogP contribution in [0.2, 0.25) is 0 Å². The first-order valence-electron chi connectivity index (χ1n) is 13.7. The van der Waals surface area contributed by atoms with Crippen LogP contribution >= 0.6 is 0 Å². The molecule has 4 aromatic carbocycles. The second-order valence-corrected chi connectivity index (χ2v) is 12.4. The number of benzene rings is 4. The van der Waals surface area contributed by atoms with E-state index in [4.69, 9.17) is 0 Å². The SMILES string of the molecule is CCCC(C(=O)O)c1ccc(-c2ccc(C(F)(F)F)cc2)c(-c2ccc(S(=O)(=O)C3NCCc4ccccc43)cc2)c1. The third-order valence-corrected chi connectivity index (χ3v) is 9.68. The number of carboxylic acids is 1. The van der Waals surface area contributed by atoms with Crippen molar-refractivity contribution in [1.29, 1.82) is 0 Å². The Morgan fingerprint density at radius 2 is 1.57 bits per heavy atom. The Labute approximate surface area is 243 Å². The summed E-state index contributed by atoms with van der Waals surface area (Å²) in [5.41, 5.74) is 3.84. The fourth-order valence-corrected chi connectivity index (χ4v) is 7.22. The van der Waals surface area contributed by atoms with Gasteiger partial charge in [0.05, 0.1) is 16.4 Å². The standard InChI is InChI=1S/C33H30F3NO4S/c1-2-5-29(32(38)39)24-12-17-27(22-8-13-25(14-9-22)33(34,35)36)30(20-24)23-10-15-26(16-11-23)42(40,41)31-28-7-4-3-6-21(28)18-19-37-31/h3-4,6-17,20,29,31,37H,2,5,18-19H2,1H3,(H,38,39). The molecule has 1 aliphatic rings. The molecule has 0 aliphatic carbocycles. The maximum atomic E-state index is 13.7. The lowest BCUT2D eigenvalue weighted by Gasteiger charge is -2.26. The van der Waals surface area contributed by atoms with Gasteiger partial charge in [0.15, 0.2) is 9.84 Å². The summed E-state index contributed by atoms with van der Waals surface area (Å²) in [6.07, 6.45) is -2.67. The molecule has 2 unspecified atom stereocenters. The van der Waals surface area contributed by atoms with Crippen molar-refractivity contribution in [3.63, 3.8) is 0 Å². The molecule has 0 amide bonds.